The lowest BCUT2D eigenvalue weighted by Gasteiger charge is -2.12. The number of nitrogens with one attached hydrogen (secondary N) is 2. The summed E-state index contributed by atoms with van der Waals surface area (Å²) >= 11 is 0. The normalized spacial score (nSPS) is 14.4. The van der Waals surface area contributed by atoms with Gasteiger partial charge in [-0.1, -0.05) is 18.9 Å². The molecule has 0 bridgehead atoms. The molecule has 5 heteroatoms. The zero-order valence-corrected chi connectivity index (χ0v) is 15.8. The third-order valence-electron chi connectivity index (χ3n) is 3.84. The average molecular weight is 419 g/mol. The summed E-state index contributed by atoms with van der Waals surface area (Å²) in [6.07, 6.45) is 4.83. The van der Waals surface area contributed by atoms with Crippen molar-refractivity contribution in [2.45, 2.75) is 39.5 Å². The van der Waals surface area contributed by atoms with E-state index in [0.29, 0.717) is 0 Å². The molecular weight excluding hydrogens is 392 g/mol. The molecule has 1 saturated carbocycles. The Kier molecular flexibility index (Phi) is 8.75. The standard InChI is InChI=1S/C17H26FN3.HI/c1-3-19-17(20-10-8-14-4-5-14)21-11-9-15-6-7-16(18)12-13(15)2;/h6-7,12,14H,3-5,8-11H2,1-2H3,(H2,19,20,21);1H. The highest BCUT2D eigenvalue weighted by atomic mass is 127. The predicted octanol–water partition coefficient (Wildman–Crippen LogP) is 3.65. The molecule has 1 fully saturated rings. The molecule has 0 heterocycles. The molecule has 1 aliphatic carbocycles. The van der Waals surface area contributed by atoms with Gasteiger partial charge >= 0.3 is 0 Å². The SMILES string of the molecule is CCNC(=NCCC1CC1)NCCc1ccc(F)cc1C.I. The number of hydrogen-bond acceptors (Lipinski definition) is 1. The minimum absolute atomic E-state index is 0. The van der Waals surface area contributed by atoms with E-state index >= 15 is 0 Å². The molecule has 3 nitrogen and oxygen atoms in total. The van der Waals surface area contributed by atoms with Crippen molar-refractivity contribution < 1.29 is 4.39 Å². The van der Waals surface area contributed by atoms with Gasteiger partial charge in [-0.05, 0) is 55.9 Å². The fraction of sp³-hybridized carbons (Fsp3) is 0.588. The van der Waals surface area contributed by atoms with Crippen LogP contribution in [0.3, 0.4) is 0 Å². The van der Waals surface area contributed by atoms with Crippen molar-refractivity contribution in [2.75, 3.05) is 19.6 Å². The number of aliphatic imine (C=N–C) groups is 1. The second kappa shape index (κ2) is 10.0. The van der Waals surface area contributed by atoms with E-state index in [9.17, 15) is 4.39 Å². The summed E-state index contributed by atoms with van der Waals surface area (Å²) in [5.41, 5.74) is 2.19. The Labute approximate surface area is 150 Å². The van der Waals surface area contributed by atoms with Gasteiger partial charge in [-0.3, -0.25) is 4.99 Å². The van der Waals surface area contributed by atoms with Crippen LogP contribution in [-0.4, -0.2) is 25.6 Å². The van der Waals surface area contributed by atoms with E-state index < -0.39 is 0 Å². The van der Waals surface area contributed by atoms with E-state index in [-0.39, 0.29) is 29.8 Å². The molecule has 124 valence electrons. The molecule has 0 aliphatic heterocycles. The van der Waals surface area contributed by atoms with Crippen molar-refractivity contribution in [1.29, 1.82) is 0 Å². The molecule has 1 aromatic rings. The van der Waals surface area contributed by atoms with Crippen LogP contribution in [0.15, 0.2) is 23.2 Å². The number of halogens is 2. The van der Waals surface area contributed by atoms with E-state index in [1.165, 1.54) is 30.9 Å². The van der Waals surface area contributed by atoms with Crippen LogP contribution in [0.2, 0.25) is 0 Å². The minimum atomic E-state index is -0.167. The van der Waals surface area contributed by atoms with E-state index in [0.717, 1.165) is 43.5 Å². The zero-order chi connectivity index (χ0) is 15.1. The highest BCUT2D eigenvalue weighted by Crippen LogP contribution is 2.32. The Balaban J connectivity index is 0.00000242. The molecule has 2 N–H and O–H groups in total. The Morgan fingerprint density at radius 1 is 1.32 bits per heavy atom. The number of rotatable bonds is 7. The maximum atomic E-state index is 13.1. The Hall–Kier alpha value is -0.850. The number of benzene rings is 1. The highest BCUT2D eigenvalue weighted by Gasteiger charge is 2.20. The maximum Gasteiger partial charge on any atom is 0.191 e. The number of hydrogen-bond donors (Lipinski definition) is 2. The summed E-state index contributed by atoms with van der Waals surface area (Å²) in [6.45, 7) is 6.59. The smallest absolute Gasteiger partial charge is 0.191 e. The Morgan fingerprint density at radius 2 is 2.09 bits per heavy atom. The van der Waals surface area contributed by atoms with Crippen molar-refractivity contribution in [2.24, 2.45) is 10.9 Å². The molecule has 0 radical (unpaired) electrons. The topological polar surface area (TPSA) is 36.4 Å². The van der Waals surface area contributed by atoms with Gasteiger partial charge in [0.1, 0.15) is 5.82 Å². The van der Waals surface area contributed by atoms with Crippen molar-refractivity contribution >= 4 is 29.9 Å². The largest absolute Gasteiger partial charge is 0.357 e. The van der Waals surface area contributed by atoms with Gasteiger partial charge in [0.15, 0.2) is 5.96 Å². The van der Waals surface area contributed by atoms with Crippen LogP contribution in [0.25, 0.3) is 0 Å². The van der Waals surface area contributed by atoms with E-state index in [1.807, 2.05) is 13.0 Å². The molecule has 1 aromatic carbocycles. The lowest BCUT2D eigenvalue weighted by atomic mass is 10.1. The molecular formula is C17H27FIN3. The molecule has 0 saturated heterocycles. The van der Waals surface area contributed by atoms with Gasteiger partial charge in [-0.25, -0.2) is 4.39 Å². The summed E-state index contributed by atoms with van der Waals surface area (Å²) in [5, 5.41) is 6.62. The van der Waals surface area contributed by atoms with Gasteiger partial charge in [-0.15, -0.1) is 24.0 Å². The summed E-state index contributed by atoms with van der Waals surface area (Å²) in [6, 6.07) is 4.98. The third kappa shape index (κ3) is 6.94. The molecule has 0 atom stereocenters. The van der Waals surface area contributed by atoms with E-state index in [2.05, 4.69) is 22.5 Å². The third-order valence-corrected chi connectivity index (χ3v) is 3.84. The number of aryl methyl sites for hydroxylation is 1. The second-order valence-electron chi connectivity index (χ2n) is 5.74. The molecule has 1 aliphatic rings. The Morgan fingerprint density at radius 3 is 2.73 bits per heavy atom. The zero-order valence-electron chi connectivity index (χ0n) is 13.5. The van der Waals surface area contributed by atoms with Crippen LogP contribution in [0, 0.1) is 18.7 Å². The fourth-order valence-electron chi connectivity index (χ4n) is 2.36. The summed E-state index contributed by atoms with van der Waals surface area (Å²) < 4.78 is 13.1. The molecule has 2 rings (SSSR count). The van der Waals surface area contributed by atoms with Crippen LogP contribution in [-0.2, 0) is 6.42 Å². The second-order valence-corrected chi connectivity index (χ2v) is 5.74. The first-order valence-electron chi connectivity index (χ1n) is 7.96. The van der Waals surface area contributed by atoms with Crippen molar-refractivity contribution in [3.63, 3.8) is 0 Å². The van der Waals surface area contributed by atoms with Crippen LogP contribution >= 0.6 is 24.0 Å². The van der Waals surface area contributed by atoms with E-state index in [1.54, 1.807) is 6.07 Å². The van der Waals surface area contributed by atoms with Gasteiger partial charge in [0.25, 0.3) is 0 Å². The maximum absolute atomic E-state index is 13.1. The van der Waals surface area contributed by atoms with Crippen LogP contribution in [0.1, 0.15) is 37.3 Å². The molecule has 0 spiro atoms. The van der Waals surface area contributed by atoms with Crippen molar-refractivity contribution in [3.05, 3.63) is 35.1 Å². The van der Waals surface area contributed by atoms with E-state index in [4.69, 9.17) is 0 Å². The summed E-state index contributed by atoms with van der Waals surface area (Å²) in [7, 11) is 0. The minimum Gasteiger partial charge on any atom is -0.357 e. The van der Waals surface area contributed by atoms with Crippen LogP contribution in [0.4, 0.5) is 4.39 Å². The highest BCUT2D eigenvalue weighted by molar-refractivity contribution is 14.0. The average Bonchev–Trinajstić information content (AvgIpc) is 3.25. The van der Waals surface area contributed by atoms with Crippen LogP contribution < -0.4 is 10.6 Å². The fourth-order valence-corrected chi connectivity index (χ4v) is 2.36. The van der Waals surface area contributed by atoms with Gasteiger partial charge in [0.2, 0.25) is 0 Å². The first-order chi connectivity index (χ1) is 10.2. The summed E-state index contributed by atoms with van der Waals surface area (Å²) in [4.78, 5) is 4.60. The van der Waals surface area contributed by atoms with Crippen molar-refractivity contribution in [3.8, 4) is 0 Å². The van der Waals surface area contributed by atoms with Gasteiger partial charge in [0.05, 0.1) is 0 Å². The Bertz CT molecular complexity index is 487. The molecule has 0 unspecified atom stereocenters. The lowest BCUT2D eigenvalue weighted by Crippen LogP contribution is -2.38. The monoisotopic (exact) mass is 419 g/mol. The first-order valence-corrected chi connectivity index (χ1v) is 7.96. The molecule has 0 amide bonds. The first kappa shape index (κ1) is 19.2. The van der Waals surface area contributed by atoms with Crippen LogP contribution in [0.5, 0.6) is 0 Å². The van der Waals surface area contributed by atoms with Crippen molar-refractivity contribution in [1.82, 2.24) is 10.6 Å². The molecule has 0 aromatic heterocycles. The summed E-state index contributed by atoms with van der Waals surface area (Å²) in [5.74, 6) is 1.63. The molecule has 22 heavy (non-hydrogen) atoms. The van der Waals surface area contributed by atoms with Gasteiger partial charge in [0, 0.05) is 19.6 Å². The van der Waals surface area contributed by atoms with Gasteiger partial charge in [-0.2, -0.15) is 0 Å². The predicted molar refractivity (Wildman–Crippen MR) is 102 cm³/mol. The number of guanidine groups is 1. The lowest BCUT2D eigenvalue weighted by molar-refractivity contribution is 0.625. The van der Waals surface area contributed by atoms with Gasteiger partial charge < -0.3 is 10.6 Å². The quantitative estimate of drug-likeness (QED) is 0.402. The number of nitrogens with zero attached hydrogens (tertiary/aromatic N) is 1.